The van der Waals surface area contributed by atoms with Crippen molar-refractivity contribution in [1.29, 1.82) is 0 Å². The summed E-state index contributed by atoms with van der Waals surface area (Å²) in [4.78, 5) is 62.1. The number of esters is 1. The Hall–Kier alpha value is -5.07. The van der Waals surface area contributed by atoms with Gasteiger partial charge in [-0.1, -0.05) is 91.0 Å². The van der Waals surface area contributed by atoms with E-state index in [1.807, 2.05) is 91.0 Å². The standard InChI is InChI=1S/C37H46N4O8/c42-33(43)21-19-30(39-24-27-12-4-1-5-13-27)35(46)38-23-11-10-18-32(37(48)49-26-29-16-8-3-9-17-29)41-36(47)31(20-22-34(44)45)40-25-28-14-6-2-7-15-28/h1-9,12-17,30-32,39-40H,10-11,18-26H2,(H,38,46)(H,41,47)(H,42,43)(H,44,45)/t30-,31-,32-/m0/s1. The number of rotatable bonds is 23. The van der Waals surface area contributed by atoms with Gasteiger partial charge in [0.1, 0.15) is 12.6 Å². The van der Waals surface area contributed by atoms with E-state index in [-0.39, 0.29) is 51.2 Å². The molecular formula is C37H46N4O8. The number of aliphatic carboxylic acids is 2. The van der Waals surface area contributed by atoms with Gasteiger partial charge in [-0.25, -0.2) is 4.79 Å². The Kier molecular flexibility index (Phi) is 17.0. The second-order valence-corrected chi connectivity index (χ2v) is 11.6. The smallest absolute Gasteiger partial charge is 0.328 e. The molecule has 0 aliphatic heterocycles. The van der Waals surface area contributed by atoms with Crippen LogP contribution in [0.4, 0.5) is 0 Å². The fourth-order valence-corrected chi connectivity index (χ4v) is 5.02. The quantitative estimate of drug-likeness (QED) is 0.0643. The number of benzene rings is 3. The largest absolute Gasteiger partial charge is 0.481 e. The molecule has 0 saturated carbocycles. The van der Waals surface area contributed by atoms with Crippen molar-refractivity contribution in [2.75, 3.05) is 6.54 Å². The number of carboxylic acids is 2. The van der Waals surface area contributed by atoms with Gasteiger partial charge in [-0.3, -0.25) is 19.2 Å². The molecule has 0 bridgehead atoms. The van der Waals surface area contributed by atoms with Crippen molar-refractivity contribution < 1.29 is 38.9 Å². The molecule has 3 aromatic carbocycles. The predicted molar refractivity (Wildman–Crippen MR) is 183 cm³/mol. The van der Waals surface area contributed by atoms with Gasteiger partial charge in [0.2, 0.25) is 11.8 Å². The molecule has 12 heteroatoms. The lowest BCUT2D eigenvalue weighted by Crippen LogP contribution is -2.50. The van der Waals surface area contributed by atoms with Crippen LogP contribution in [0.15, 0.2) is 91.0 Å². The van der Waals surface area contributed by atoms with E-state index < -0.39 is 41.9 Å². The molecule has 49 heavy (non-hydrogen) atoms. The van der Waals surface area contributed by atoms with Crippen LogP contribution in [-0.4, -0.2) is 64.6 Å². The van der Waals surface area contributed by atoms with Crippen LogP contribution in [0.5, 0.6) is 0 Å². The zero-order chi connectivity index (χ0) is 35.3. The number of ether oxygens (including phenoxy) is 1. The summed E-state index contributed by atoms with van der Waals surface area (Å²) in [5, 5.41) is 30.3. The van der Waals surface area contributed by atoms with Gasteiger partial charge < -0.3 is 36.2 Å². The molecular weight excluding hydrogens is 628 g/mol. The van der Waals surface area contributed by atoms with Crippen LogP contribution in [0.2, 0.25) is 0 Å². The Morgan fingerprint density at radius 2 is 1.04 bits per heavy atom. The Morgan fingerprint density at radius 3 is 1.53 bits per heavy atom. The van der Waals surface area contributed by atoms with E-state index in [0.29, 0.717) is 25.9 Å². The van der Waals surface area contributed by atoms with E-state index in [2.05, 4.69) is 21.3 Å². The van der Waals surface area contributed by atoms with Gasteiger partial charge in [-0.2, -0.15) is 0 Å². The zero-order valence-electron chi connectivity index (χ0n) is 27.5. The Balaban J connectivity index is 1.58. The third-order valence-corrected chi connectivity index (χ3v) is 7.76. The van der Waals surface area contributed by atoms with Crippen molar-refractivity contribution in [3.63, 3.8) is 0 Å². The number of carbonyl (C=O) groups excluding carboxylic acids is 3. The lowest BCUT2D eigenvalue weighted by Gasteiger charge is -2.23. The van der Waals surface area contributed by atoms with Crippen molar-refractivity contribution in [2.24, 2.45) is 0 Å². The first kappa shape index (κ1) is 38.4. The van der Waals surface area contributed by atoms with Crippen LogP contribution in [0.1, 0.15) is 61.6 Å². The van der Waals surface area contributed by atoms with Gasteiger partial charge in [0.15, 0.2) is 0 Å². The summed E-state index contributed by atoms with van der Waals surface area (Å²) < 4.78 is 5.54. The molecule has 0 saturated heterocycles. The lowest BCUT2D eigenvalue weighted by atomic mass is 10.1. The number of carbonyl (C=O) groups is 5. The highest BCUT2D eigenvalue weighted by atomic mass is 16.5. The van der Waals surface area contributed by atoms with E-state index in [1.54, 1.807) is 0 Å². The van der Waals surface area contributed by atoms with Gasteiger partial charge in [0.05, 0.1) is 12.1 Å². The Bertz CT molecular complexity index is 1460. The number of hydrogen-bond donors (Lipinski definition) is 6. The van der Waals surface area contributed by atoms with E-state index in [4.69, 9.17) is 9.84 Å². The van der Waals surface area contributed by atoms with Gasteiger partial charge in [-0.15, -0.1) is 0 Å². The highest BCUT2D eigenvalue weighted by molar-refractivity contribution is 5.88. The van der Waals surface area contributed by atoms with Crippen LogP contribution < -0.4 is 21.3 Å². The van der Waals surface area contributed by atoms with Crippen LogP contribution in [-0.2, 0) is 48.4 Å². The fourth-order valence-electron chi connectivity index (χ4n) is 5.02. The molecule has 0 aliphatic rings. The number of unbranched alkanes of at least 4 members (excludes halogenated alkanes) is 1. The maximum Gasteiger partial charge on any atom is 0.328 e. The Labute approximate surface area is 286 Å². The molecule has 0 radical (unpaired) electrons. The molecule has 3 rings (SSSR count). The van der Waals surface area contributed by atoms with Crippen LogP contribution in [0.25, 0.3) is 0 Å². The van der Waals surface area contributed by atoms with Gasteiger partial charge in [0.25, 0.3) is 0 Å². The van der Waals surface area contributed by atoms with Gasteiger partial charge >= 0.3 is 17.9 Å². The van der Waals surface area contributed by atoms with Gasteiger partial charge in [0, 0.05) is 32.5 Å². The zero-order valence-corrected chi connectivity index (χ0v) is 27.5. The minimum absolute atomic E-state index is 0.0184. The third-order valence-electron chi connectivity index (χ3n) is 7.76. The number of amides is 2. The molecule has 6 N–H and O–H groups in total. The first-order valence-electron chi connectivity index (χ1n) is 16.5. The molecule has 3 aromatic rings. The summed E-state index contributed by atoms with van der Waals surface area (Å²) in [6.45, 7) is 1.02. The average molecular weight is 675 g/mol. The number of hydrogen-bond acceptors (Lipinski definition) is 8. The lowest BCUT2D eigenvalue weighted by molar-refractivity contribution is -0.149. The van der Waals surface area contributed by atoms with Crippen molar-refractivity contribution >= 4 is 29.7 Å². The number of nitrogens with one attached hydrogen (secondary N) is 4. The minimum atomic E-state index is -1.04. The highest BCUT2D eigenvalue weighted by Crippen LogP contribution is 2.10. The molecule has 0 fully saturated rings. The highest BCUT2D eigenvalue weighted by Gasteiger charge is 2.27. The molecule has 0 unspecified atom stereocenters. The molecule has 0 spiro atoms. The second-order valence-electron chi connectivity index (χ2n) is 11.6. The maximum atomic E-state index is 13.4. The normalized spacial score (nSPS) is 12.7. The topological polar surface area (TPSA) is 183 Å². The third kappa shape index (κ3) is 15.6. The SMILES string of the molecule is O=C(O)CC[C@H](NCc1ccccc1)C(=O)NCCCC[C@H](NC(=O)[C@H](CCC(=O)O)NCc1ccccc1)C(=O)OCc1ccccc1. The summed E-state index contributed by atoms with van der Waals surface area (Å²) in [6.07, 6.45) is 0.873. The minimum Gasteiger partial charge on any atom is -0.481 e. The first-order chi connectivity index (χ1) is 23.7. The summed E-state index contributed by atoms with van der Waals surface area (Å²) in [6, 6.07) is 25.4. The van der Waals surface area contributed by atoms with Crippen molar-refractivity contribution in [1.82, 2.24) is 21.3 Å². The van der Waals surface area contributed by atoms with E-state index >= 15 is 0 Å². The monoisotopic (exact) mass is 674 g/mol. The number of carboxylic acid groups (broad SMARTS) is 2. The molecule has 262 valence electrons. The predicted octanol–water partition coefficient (Wildman–Crippen LogP) is 3.55. The second kappa shape index (κ2) is 21.7. The fraction of sp³-hybridized carbons (Fsp3) is 0.378. The van der Waals surface area contributed by atoms with Crippen molar-refractivity contribution in [3.05, 3.63) is 108 Å². The van der Waals surface area contributed by atoms with E-state index in [1.165, 1.54) is 0 Å². The molecule has 0 aliphatic carbocycles. The van der Waals surface area contributed by atoms with E-state index in [9.17, 15) is 29.1 Å². The summed E-state index contributed by atoms with van der Waals surface area (Å²) in [5.74, 6) is -3.50. The summed E-state index contributed by atoms with van der Waals surface area (Å²) in [5.41, 5.74) is 2.66. The maximum absolute atomic E-state index is 13.4. The molecule has 2 amide bonds. The molecule has 0 heterocycles. The first-order valence-corrected chi connectivity index (χ1v) is 16.5. The Morgan fingerprint density at radius 1 is 0.571 bits per heavy atom. The average Bonchev–Trinajstić information content (AvgIpc) is 3.10. The van der Waals surface area contributed by atoms with Crippen molar-refractivity contribution in [2.45, 2.75) is 82.8 Å². The van der Waals surface area contributed by atoms with E-state index in [0.717, 1.165) is 16.7 Å². The summed E-state index contributed by atoms with van der Waals surface area (Å²) >= 11 is 0. The van der Waals surface area contributed by atoms with Crippen LogP contribution in [0.3, 0.4) is 0 Å². The van der Waals surface area contributed by atoms with Crippen LogP contribution >= 0.6 is 0 Å². The van der Waals surface area contributed by atoms with Crippen LogP contribution in [0, 0.1) is 0 Å². The molecule has 12 nitrogen and oxygen atoms in total. The molecule has 0 aromatic heterocycles. The summed E-state index contributed by atoms with van der Waals surface area (Å²) in [7, 11) is 0. The van der Waals surface area contributed by atoms with Crippen molar-refractivity contribution in [3.8, 4) is 0 Å². The molecule has 3 atom stereocenters. The van der Waals surface area contributed by atoms with Gasteiger partial charge in [-0.05, 0) is 48.8 Å².